The number of carbonyl (C=O) groups is 2. The van der Waals surface area contributed by atoms with Crippen LogP contribution in [0, 0.1) is 5.92 Å². The van der Waals surface area contributed by atoms with Gasteiger partial charge in [0.15, 0.2) is 0 Å². The fourth-order valence-corrected chi connectivity index (χ4v) is 2.25. The molecule has 21 heavy (non-hydrogen) atoms. The van der Waals surface area contributed by atoms with Gasteiger partial charge in [0.05, 0.1) is 6.61 Å². The van der Waals surface area contributed by atoms with Crippen molar-refractivity contribution in [1.29, 1.82) is 0 Å². The molecular weight excluding hydrogens is 268 g/mol. The Kier molecular flexibility index (Phi) is 5.20. The van der Waals surface area contributed by atoms with E-state index >= 15 is 0 Å². The molecule has 1 aliphatic rings. The second-order valence-corrected chi connectivity index (χ2v) is 5.70. The van der Waals surface area contributed by atoms with E-state index in [-0.39, 0.29) is 5.91 Å². The number of nitrogens with one attached hydrogen (secondary N) is 2. The fraction of sp³-hybridized carbons (Fsp3) is 0.500. The Balaban J connectivity index is 1.79. The third kappa shape index (κ3) is 4.48. The maximum absolute atomic E-state index is 11.5. The summed E-state index contributed by atoms with van der Waals surface area (Å²) in [6.07, 6.45) is 3.43. The molecule has 0 aromatic heterocycles. The molecule has 5 heteroatoms. The summed E-state index contributed by atoms with van der Waals surface area (Å²) in [5.74, 6) is 1.20. The van der Waals surface area contributed by atoms with Crippen LogP contribution in [0.15, 0.2) is 24.3 Å². The number of imide groups is 1. The molecule has 1 aliphatic heterocycles. The van der Waals surface area contributed by atoms with Crippen LogP contribution in [0.3, 0.4) is 0 Å². The molecule has 1 heterocycles. The van der Waals surface area contributed by atoms with Gasteiger partial charge in [-0.15, -0.1) is 0 Å². The zero-order valence-electron chi connectivity index (χ0n) is 12.5. The van der Waals surface area contributed by atoms with E-state index in [1.54, 1.807) is 12.1 Å². The lowest BCUT2D eigenvalue weighted by Crippen LogP contribution is -2.22. The topological polar surface area (TPSA) is 67.4 Å². The first-order valence-electron chi connectivity index (χ1n) is 7.40. The van der Waals surface area contributed by atoms with E-state index in [0.717, 1.165) is 23.7 Å². The molecule has 114 valence electrons. The third-order valence-electron chi connectivity index (χ3n) is 3.43. The molecular formula is C16H22N2O3. The Hall–Kier alpha value is -2.04. The molecule has 1 atom stereocenters. The van der Waals surface area contributed by atoms with Crippen LogP contribution in [0.2, 0.25) is 0 Å². The number of amides is 3. The number of benzene rings is 1. The van der Waals surface area contributed by atoms with Gasteiger partial charge in [-0.25, -0.2) is 4.79 Å². The quantitative estimate of drug-likeness (QED) is 0.599. The highest BCUT2D eigenvalue weighted by atomic mass is 16.5. The van der Waals surface area contributed by atoms with E-state index in [2.05, 4.69) is 24.5 Å². The van der Waals surface area contributed by atoms with E-state index < -0.39 is 12.1 Å². The van der Waals surface area contributed by atoms with Crippen molar-refractivity contribution in [2.75, 3.05) is 6.61 Å². The number of rotatable bonds is 7. The SMILES string of the molecule is CC(C)CCCCOc1ccc([C@@H]2NC(=O)NC2=O)cc1. The first-order chi connectivity index (χ1) is 10.1. The first-order valence-corrected chi connectivity index (χ1v) is 7.40. The highest BCUT2D eigenvalue weighted by Crippen LogP contribution is 2.20. The summed E-state index contributed by atoms with van der Waals surface area (Å²) >= 11 is 0. The van der Waals surface area contributed by atoms with Crippen molar-refractivity contribution in [2.45, 2.75) is 39.2 Å². The normalized spacial score (nSPS) is 17.8. The number of unbranched alkanes of at least 4 members (excludes halogenated alkanes) is 1. The van der Waals surface area contributed by atoms with Crippen molar-refractivity contribution in [3.63, 3.8) is 0 Å². The zero-order valence-corrected chi connectivity index (χ0v) is 12.5. The van der Waals surface area contributed by atoms with Crippen LogP contribution in [-0.4, -0.2) is 18.5 Å². The van der Waals surface area contributed by atoms with Gasteiger partial charge in [-0.2, -0.15) is 0 Å². The average Bonchev–Trinajstić information content (AvgIpc) is 2.78. The van der Waals surface area contributed by atoms with Crippen LogP contribution in [0.4, 0.5) is 4.79 Å². The number of urea groups is 1. The molecule has 0 radical (unpaired) electrons. The van der Waals surface area contributed by atoms with Gasteiger partial charge in [-0.1, -0.05) is 32.4 Å². The lowest BCUT2D eigenvalue weighted by Gasteiger charge is -2.10. The van der Waals surface area contributed by atoms with Crippen LogP contribution in [0.25, 0.3) is 0 Å². The van der Waals surface area contributed by atoms with Crippen LogP contribution in [0.1, 0.15) is 44.7 Å². The molecule has 1 aromatic carbocycles. The maximum atomic E-state index is 11.5. The second-order valence-electron chi connectivity index (χ2n) is 5.70. The molecule has 5 nitrogen and oxygen atoms in total. The van der Waals surface area contributed by atoms with Gasteiger partial charge in [0, 0.05) is 0 Å². The van der Waals surface area contributed by atoms with E-state index in [0.29, 0.717) is 6.61 Å². The Morgan fingerprint density at radius 2 is 1.86 bits per heavy atom. The van der Waals surface area contributed by atoms with Gasteiger partial charge in [0.2, 0.25) is 0 Å². The Labute approximate surface area is 125 Å². The number of ether oxygens (including phenoxy) is 1. The van der Waals surface area contributed by atoms with Gasteiger partial charge >= 0.3 is 6.03 Å². The minimum absolute atomic E-state index is 0.317. The summed E-state index contributed by atoms with van der Waals surface area (Å²) in [5.41, 5.74) is 0.755. The zero-order chi connectivity index (χ0) is 15.2. The number of hydrogen-bond acceptors (Lipinski definition) is 3. The van der Waals surface area contributed by atoms with Crippen LogP contribution in [-0.2, 0) is 4.79 Å². The molecule has 1 saturated heterocycles. The van der Waals surface area contributed by atoms with Crippen LogP contribution in [0.5, 0.6) is 5.75 Å². The van der Waals surface area contributed by atoms with Gasteiger partial charge in [0.1, 0.15) is 11.8 Å². The van der Waals surface area contributed by atoms with Crippen LogP contribution < -0.4 is 15.4 Å². The van der Waals surface area contributed by atoms with Gasteiger partial charge < -0.3 is 10.1 Å². The highest BCUT2D eigenvalue weighted by molar-refractivity contribution is 6.04. The summed E-state index contributed by atoms with van der Waals surface area (Å²) in [4.78, 5) is 22.6. The van der Waals surface area contributed by atoms with Crippen molar-refractivity contribution in [3.05, 3.63) is 29.8 Å². The lowest BCUT2D eigenvalue weighted by molar-refractivity contribution is -0.120. The number of hydrogen-bond donors (Lipinski definition) is 2. The lowest BCUT2D eigenvalue weighted by atomic mass is 10.1. The van der Waals surface area contributed by atoms with E-state index in [1.165, 1.54) is 12.8 Å². The first kappa shape index (κ1) is 15.4. The third-order valence-corrected chi connectivity index (χ3v) is 3.43. The smallest absolute Gasteiger partial charge is 0.322 e. The summed E-state index contributed by atoms with van der Waals surface area (Å²) in [6, 6.07) is 6.22. The molecule has 2 N–H and O–H groups in total. The van der Waals surface area contributed by atoms with Crippen molar-refractivity contribution >= 4 is 11.9 Å². The average molecular weight is 290 g/mol. The van der Waals surface area contributed by atoms with Gasteiger partial charge in [-0.05, 0) is 36.5 Å². The van der Waals surface area contributed by atoms with Gasteiger partial charge in [-0.3, -0.25) is 10.1 Å². The predicted octanol–water partition coefficient (Wildman–Crippen LogP) is 2.77. The van der Waals surface area contributed by atoms with Crippen molar-refractivity contribution in [1.82, 2.24) is 10.6 Å². The highest BCUT2D eigenvalue weighted by Gasteiger charge is 2.30. The summed E-state index contributed by atoms with van der Waals surface area (Å²) in [6.45, 7) is 5.14. The molecule has 3 amide bonds. The van der Waals surface area contributed by atoms with E-state index in [9.17, 15) is 9.59 Å². The molecule has 2 rings (SSSR count). The Morgan fingerprint density at radius 1 is 1.14 bits per heavy atom. The maximum Gasteiger partial charge on any atom is 0.322 e. The number of carbonyl (C=O) groups excluding carboxylic acids is 2. The molecule has 1 aromatic rings. The monoisotopic (exact) mass is 290 g/mol. The molecule has 0 saturated carbocycles. The summed E-state index contributed by atoms with van der Waals surface area (Å²) in [7, 11) is 0. The predicted molar refractivity (Wildman–Crippen MR) is 80.0 cm³/mol. The molecule has 1 fully saturated rings. The second kappa shape index (κ2) is 7.11. The Morgan fingerprint density at radius 3 is 2.43 bits per heavy atom. The van der Waals surface area contributed by atoms with Crippen LogP contribution >= 0.6 is 0 Å². The molecule has 0 spiro atoms. The Bertz CT molecular complexity index is 497. The minimum atomic E-state index is -0.599. The van der Waals surface area contributed by atoms with Gasteiger partial charge in [0.25, 0.3) is 5.91 Å². The van der Waals surface area contributed by atoms with E-state index in [4.69, 9.17) is 4.74 Å². The summed E-state index contributed by atoms with van der Waals surface area (Å²) < 4.78 is 5.67. The standard InChI is InChI=1S/C16H22N2O3/c1-11(2)5-3-4-10-21-13-8-6-12(7-9-13)14-15(19)18-16(20)17-14/h6-9,11,14H,3-5,10H2,1-2H3,(H2,17,18,19,20)/t14-/m0/s1. The van der Waals surface area contributed by atoms with Crippen molar-refractivity contribution < 1.29 is 14.3 Å². The van der Waals surface area contributed by atoms with E-state index in [1.807, 2.05) is 12.1 Å². The summed E-state index contributed by atoms with van der Waals surface area (Å²) in [5, 5.41) is 4.79. The fourth-order valence-electron chi connectivity index (χ4n) is 2.25. The largest absolute Gasteiger partial charge is 0.494 e. The molecule has 0 unspecified atom stereocenters. The van der Waals surface area contributed by atoms with Crippen molar-refractivity contribution in [3.8, 4) is 5.75 Å². The van der Waals surface area contributed by atoms with Crippen molar-refractivity contribution in [2.24, 2.45) is 5.92 Å². The molecule has 0 aliphatic carbocycles. The molecule has 0 bridgehead atoms. The minimum Gasteiger partial charge on any atom is -0.494 e.